The average Bonchev–Trinajstić information content (AvgIpc) is 2.62. The van der Waals surface area contributed by atoms with E-state index in [9.17, 15) is 14.4 Å². The van der Waals surface area contributed by atoms with Gasteiger partial charge in [-0.2, -0.15) is 0 Å². The van der Waals surface area contributed by atoms with Crippen molar-refractivity contribution in [1.82, 2.24) is 10.6 Å². The molecule has 0 radical (unpaired) electrons. The fraction of sp³-hybridized carbons (Fsp3) is 0.850. The number of carbonyl (C=O) groups is 3. The maximum atomic E-state index is 12.0. The van der Waals surface area contributed by atoms with Gasteiger partial charge < -0.3 is 20.1 Å². The summed E-state index contributed by atoms with van der Waals surface area (Å²) in [7, 11) is 0. The number of ether oxygens (including phenoxy) is 2. The van der Waals surface area contributed by atoms with Crippen LogP contribution in [0.1, 0.15) is 62.7 Å². The average molecular weight is 389 g/mol. The molecule has 1 aliphatic rings. The first-order chi connectivity index (χ1) is 12.8. The standard InChI is InChI=1S/C20H36N2O5.2H2/c1-14(2)20(25)16-5-7-17(8-6-16)22-19(24)13-21-18(23)9-10-26-11-12-27-15(3)4;;/h14-17H,5-13H2,1-4H3,(H,21,23)(H,22,24);2*1H. The maximum Gasteiger partial charge on any atom is 0.239 e. The number of rotatable bonds is 12. The van der Waals surface area contributed by atoms with Crippen LogP contribution < -0.4 is 10.6 Å². The van der Waals surface area contributed by atoms with E-state index >= 15 is 0 Å². The molecule has 0 heterocycles. The molecule has 0 atom stereocenters. The molecular formula is C20H40N2O5. The van der Waals surface area contributed by atoms with Crippen molar-refractivity contribution in [2.75, 3.05) is 26.4 Å². The van der Waals surface area contributed by atoms with Crippen molar-refractivity contribution in [3.8, 4) is 0 Å². The lowest BCUT2D eigenvalue weighted by Crippen LogP contribution is -2.44. The Morgan fingerprint density at radius 3 is 2.22 bits per heavy atom. The maximum absolute atomic E-state index is 12.0. The Labute approximate surface area is 165 Å². The summed E-state index contributed by atoms with van der Waals surface area (Å²) in [4.78, 5) is 35.7. The van der Waals surface area contributed by atoms with Crippen molar-refractivity contribution in [3.63, 3.8) is 0 Å². The van der Waals surface area contributed by atoms with E-state index in [2.05, 4.69) is 10.6 Å². The zero-order valence-corrected chi connectivity index (χ0v) is 17.2. The van der Waals surface area contributed by atoms with Crippen molar-refractivity contribution in [1.29, 1.82) is 0 Å². The Bertz CT molecular complexity index is 481. The fourth-order valence-corrected chi connectivity index (χ4v) is 3.15. The summed E-state index contributed by atoms with van der Waals surface area (Å²) in [6, 6.07) is 0.0925. The Morgan fingerprint density at radius 1 is 0.963 bits per heavy atom. The van der Waals surface area contributed by atoms with Crippen LogP contribution in [0.2, 0.25) is 0 Å². The van der Waals surface area contributed by atoms with Crippen LogP contribution in [-0.2, 0) is 23.9 Å². The molecule has 27 heavy (non-hydrogen) atoms. The molecule has 1 saturated carbocycles. The Hall–Kier alpha value is -1.47. The summed E-state index contributed by atoms with van der Waals surface area (Å²) in [6.45, 7) is 9.01. The van der Waals surface area contributed by atoms with Crippen LogP contribution in [0.4, 0.5) is 0 Å². The van der Waals surface area contributed by atoms with E-state index in [1.54, 1.807) is 0 Å². The number of ketones is 1. The normalized spacial score (nSPS) is 19.9. The van der Waals surface area contributed by atoms with Gasteiger partial charge in [0, 0.05) is 27.2 Å². The molecule has 1 fully saturated rings. The molecule has 1 aliphatic carbocycles. The summed E-state index contributed by atoms with van der Waals surface area (Å²) < 4.78 is 10.6. The van der Waals surface area contributed by atoms with E-state index in [-0.39, 0.29) is 51.6 Å². The molecule has 0 aromatic rings. The molecule has 7 nitrogen and oxygen atoms in total. The van der Waals surface area contributed by atoms with Gasteiger partial charge in [0.2, 0.25) is 11.8 Å². The van der Waals surface area contributed by atoms with Gasteiger partial charge in [0.15, 0.2) is 0 Å². The number of hydrogen-bond acceptors (Lipinski definition) is 5. The van der Waals surface area contributed by atoms with Crippen molar-refractivity contribution in [2.45, 2.75) is 71.9 Å². The first-order valence-corrected chi connectivity index (χ1v) is 10.1. The third-order valence-electron chi connectivity index (χ3n) is 4.66. The van der Waals surface area contributed by atoms with Gasteiger partial charge in [-0.05, 0) is 39.5 Å². The van der Waals surface area contributed by atoms with Crippen LogP contribution in [-0.4, -0.2) is 56.1 Å². The minimum atomic E-state index is -0.207. The number of Topliss-reactive ketones (excluding diaryl/α,β-unsaturated/α-hetero) is 1. The van der Waals surface area contributed by atoms with E-state index in [4.69, 9.17) is 9.47 Å². The molecule has 0 aromatic heterocycles. The predicted molar refractivity (Wildman–Crippen MR) is 107 cm³/mol. The number of amides is 2. The van der Waals surface area contributed by atoms with E-state index in [1.807, 2.05) is 27.7 Å². The molecule has 2 amide bonds. The monoisotopic (exact) mass is 388 g/mol. The van der Waals surface area contributed by atoms with Crippen LogP contribution in [0.3, 0.4) is 0 Å². The highest BCUT2D eigenvalue weighted by Gasteiger charge is 2.28. The highest BCUT2D eigenvalue weighted by molar-refractivity contribution is 5.85. The molecule has 0 unspecified atom stereocenters. The Balaban J connectivity index is 0. The molecule has 7 heteroatoms. The summed E-state index contributed by atoms with van der Waals surface area (Å²) in [5.74, 6) is 0.131. The number of hydrogen-bond donors (Lipinski definition) is 2. The minimum Gasteiger partial charge on any atom is -0.379 e. The third kappa shape index (κ3) is 10.4. The van der Waals surface area contributed by atoms with Gasteiger partial charge in [-0.25, -0.2) is 0 Å². The summed E-state index contributed by atoms with van der Waals surface area (Å²) >= 11 is 0. The third-order valence-corrected chi connectivity index (χ3v) is 4.66. The molecular weight excluding hydrogens is 348 g/mol. The van der Waals surface area contributed by atoms with Crippen molar-refractivity contribution < 1.29 is 26.7 Å². The first-order valence-electron chi connectivity index (χ1n) is 10.1. The van der Waals surface area contributed by atoms with Gasteiger partial charge in [-0.15, -0.1) is 0 Å². The lowest BCUT2D eigenvalue weighted by atomic mass is 9.80. The van der Waals surface area contributed by atoms with Crippen LogP contribution in [0.25, 0.3) is 0 Å². The van der Waals surface area contributed by atoms with Crippen molar-refractivity contribution in [2.24, 2.45) is 11.8 Å². The molecule has 0 saturated heterocycles. The minimum absolute atomic E-state index is 0. The lowest BCUT2D eigenvalue weighted by Gasteiger charge is -2.29. The van der Waals surface area contributed by atoms with Crippen LogP contribution in [0.5, 0.6) is 0 Å². The molecule has 0 aromatic carbocycles. The molecule has 0 spiro atoms. The predicted octanol–water partition coefficient (Wildman–Crippen LogP) is 2.33. The second kappa shape index (κ2) is 12.8. The zero-order valence-electron chi connectivity index (χ0n) is 17.2. The van der Waals surface area contributed by atoms with Gasteiger partial charge in [-0.3, -0.25) is 14.4 Å². The molecule has 0 aliphatic heterocycles. The topological polar surface area (TPSA) is 93.7 Å². The van der Waals surface area contributed by atoms with Gasteiger partial charge in [0.05, 0.1) is 32.5 Å². The van der Waals surface area contributed by atoms with Gasteiger partial charge >= 0.3 is 0 Å². The summed E-state index contributed by atoms with van der Waals surface area (Å²) in [5, 5.41) is 5.55. The SMILES string of the molecule is CC(C)OCCOCCC(=O)NCC(=O)NC1CCC(C(=O)C(C)C)CC1.[HH].[HH]. The molecule has 160 valence electrons. The summed E-state index contributed by atoms with van der Waals surface area (Å²) in [6.07, 6.45) is 3.67. The molecule has 0 bridgehead atoms. The van der Waals surface area contributed by atoms with E-state index < -0.39 is 0 Å². The second-order valence-corrected chi connectivity index (χ2v) is 7.73. The highest BCUT2D eigenvalue weighted by Crippen LogP contribution is 2.27. The van der Waals surface area contributed by atoms with Crippen LogP contribution >= 0.6 is 0 Å². The zero-order chi connectivity index (χ0) is 20.2. The van der Waals surface area contributed by atoms with Gasteiger partial charge in [0.1, 0.15) is 5.78 Å². The Morgan fingerprint density at radius 2 is 1.63 bits per heavy atom. The first kappa shape index (κ1) is 23.6. The fourth-order valence-electron chi connectivity index (χ4n) is 3.15. The van der Waals surface area contributed by atoms with E-state index in [1.165, 1.54) is 0 Å². The van der Waals surface area contributed by atoms with Gasteiger partial charge in [-0.1, -0.05) is 13.8 Å². The number of carbonyl (C=O) groups excluding carboxylic acids is 3. The van der Waals surface area contributed by atoms with Gasteiger partial charge in [0.25, 0.3) is 0 Å². The second-order valence-electron chi connectivity index (χ2n) is 7.73. The van der Waals surface area contributed by atoms with Crippen LogP contribution in [0.15, 0.2) is 0 Å². The van der Waals surface area contributed by atoms with Crippen molar-refractivity contribution in [3.05, 3.63) is 0 Å². The smallest absolute Gasteiger partial charge is 0.239 e. The van der Waals surface area contributed by atoms with E-state index in [0.29, 0.717) is 25.6 Å². The largest absolute Gasteiger partial charge is 0.379 e. The summed E-state index contributed by atoms with van der Waals surface area (Å²) in [5.41, 5.74) is 0. The van der Waals surface area contributed by atoms with Crippen molar-refractivity contribution >= 4 is 17.6 Å². The van der Waals surface area contributed by atoms with Crippen LogP contribution in [0, 0.1) is 11.8 Å². The Kier molecular flexibility index (Phi) is 11.2. The lowest BCUT2D eigenvalue weighted by molar-refractivity contribution is -0.128. The quantitative estimate of drug-likeness (QED) is 0.501. The van der Waals surface area contributed by atoms with E-state index in [0.717, 1.165) is 25.7 Å². The molecule has 1 rings (SSSR count). The highest BCUT2D eigenvalue weighted by atomic mass is 16.5. The number of nitrogens with one attached hydrogen (secondary N) is 2. The molecule has 2 N–H and O–H groups in total.